The van der Waals surface area contributed by atoms with Gasteiger partial charge in [0.1, 0.15) is 19.0 Å². The minimum absolute atomic E-state index is 0.261. The van der Waals surface area contributed by atoms with E-state index in [1.54, 1.807) is 6.07 Å². The zero-order chi connectivity index (χ0) is 25.8. The first-order valence-corrected chi connectivity index (χ1v) is 13.9. The molecule has 2 aliphatic rings. The molecule has 0 spiro atoms. The van der Waals surface area contributed by atoms with Crippen molar-refractivity contribution in [1.82, 2.24) is 0 Å². The molecule has 0 saturated heterocycles. The van der Waals surface area contributed by atoms with Crippen LogP contribution in [0.5, 0.6) is 0 Å². The minimum Gasteiger partial charge on any atom is -0.478 e. The van der Waals surface area contributed by atoms with Crippen molar-refractivity contribution in [3.8, 4) is 22.3 Å². The first-order chi connectivity index (χ1) is 18.0. The van der Waals surface area contributed by atoms with Gasteiger partial charge >= 0.3 is 0 Å². The van der Waals surface area contributed by atoms with Gasteiger partial charge in [-0.1, -0.05) is 55.5 Å². The fourth-order valence-corrected chi connectivity index (χ4v) is 5.69. The lowest BCUT2D eigenvalue weighted by molar-refractivity contribution is 0.304. The highest BCUT2D eigenvalue weighted by Gasteiger charge is 2.20. The smallest absolute Gasteiger partial charge is 0.192 e. The molecule has 6 heteroatoms. The van der Waals surface area contributed by atoms with Crippen molar-refractivity contribution < 1.29 is 13.9 Å². The lowest BCUT2D eigenvalue weighted by Gasteiger charge is -2.10. The van der Waals surface area contributed by atoms with Gasteiger partial charge in [0.15, 0.2) is 10.1 Å². The van der Waals surface area contributed by atoms with E-state index < -0.39 is 0 Å². The normalized spacial score (nSPS) is 13.2. The molecule has 2 heterocycles. The summed E-state index contributed by atoms with van der Waals surface area (Å²) in [5.41, 5.74) is 8.28. The van der Waals surface area contributed by atoms with Crippen LogP contribution >= 0.6 is 36.2 Å². The van der Waals surface area contributed by atoms with Crippen LogP contribution in [0, 0.1) is 5.82 Å². The van der Waals surface area contributed by atoms with Crippen LogP contribution in [-0.4, -0.2) is 15.9 Å². The largest absolute Gasteiger partial charge is 0.478 e. The summed E-state index contributed by atoms with van der Waals surface area (Å²) in [4.78, 5) is 1.30. The molecule has 0 bridgehead atoms. The Kier molecular flexibility index (Phi) is 7.99. The molecule has 0 amide bonds. The van der Waals surface area contributed by atoms with Crippen LogP contribution in [0.4, 0.5) is 4.39 Å². The van der Waals surface area contributed by atoms with Crippen LogP contribution in [0.1, 0.15) is 35.6 Å². The van der Waals surface area contributed by atoms with Crippen molar-refractivity contribution in [2.75, 3.05) is 5.75 Å². The molecule has 0 atom stereocenters. The van der Waals surface area contributed by atoms with Gasteiger partial charge in [0.05, 0.1) is 0 Å². The number of hydrogen-bond donors (Lipinski definition) is 0. The molecule has 186 valence electrons. The molecule has 37 heavy (non-hydrogen) atoms. The van der Waals surface area contributed by atoms with Crippen molar-refractivity contribution in [2.45, 2.75) is 31.5 Å². The summed E-state index contributed by atoms with van der Waals surface area (Å²) in [5.74, 6) is 0.879. The van der Waals surface area contributed by atoms with E-state index in [2.05, 4.69) is 43.3 Å². The van der Waals surface area contributed by atoms with Gasteiger partial charge in [0, 0.05) is 16.0 Å². The second kappa shape index (κ2) is 11.5. The summed E-state index contributed by atoms with van der Waals surface area (Å²) < 4.78 is 24.6. The predicted octanol–water partition coefficient (Wildman–Crippen LogP) is 8.76. The zero-order valence-corrected chi connectivity index (χ0v) is 22.8. The Labute approximate surface area is 231 Å². The third-order valence-electron chi connectivity index (χ3n) is 6.22. The van der Waals surface area contributed by atoms with Gasteiger partial charge in [0.25, 0.3) is 0 Å². The third-order valence-corrected chi connectivity index (χ3v) is 8.09. The number of rotatable bonds is 3. The minimum atomic E-state index is -0.261. The fraction of sp³-hybridized carbons (Fsp3) is 0.161. The molecule has 0 radical (unpaired) electrons. The quantitative estimate of drug-likeness (QED) is 0.189. The van der Waals surface area contributed by atoms with Gasteiger partial charge in [-0.25, -0.2) is 4.39 Å². The molecular weight excluding hydrogens is 520 g/mol. The maximum absolute atomic E-state index is 13.4. The van der Waals surface area contributed by atoms with Gasteiger partial charge in [0.2, 0.25) is 0 Å². The Hall–Kier alpha value is -3.06. The molecule has 0 saturated carbocycles. The first-order valence-electron chi connectivity index (χ1n) is 12.1. The van der Waals surface area contributed by atoms with E-state index in [0.29, 0.717) is 23.3 Å². The second-order valence-corrected chi connectivity index (χ2v) is 10.6. The van der Waals surface area contributed by atoms with Crippen molar-refractivity contribution >= 4 is 46.3 Å². The van der Waals surface area contributed by atoms with Gasteiger partial charge in [-0.3, -0.25) is 0 Å². The lowest BCUT2D eigenvalue weighted by atomic mass is 9.97. The van der Waals surface area contributed by atoms with Crippen LogP contribution in [0.15, 0.2) is 89.8 Å². The standard InChI is InChI=1S/C17H16OS2.C14H9FOS/c1-2-9-20-13-7-8-15-16(10-13)14-6-4-3-5-12(14)11-18-17(15)19;15-10-5-6-12-13(7-10)11-4-2-1-3-9(11)8-16-14(12)17/h3-8,10H,2,9,11H2,1H3;1-7H,8H2. The first kappa shape index (κ1) is 25.6. The number of ether oxygens (including phenoxy) is 2. The Morgan fingerprint density at radius 1 is 0.676 bits per heavy atom. The molecule has 0 aromatic heterocycles. The molecule has 4 aromatic carbocycles. The summed E-state index contributed by atoms with van der Waals surface area (Å²) in [6.45, 7) is 3.20. The van der Waals surface area contributed by atoms with Crippen LogP contribution < -0.4 is 0 Å². The van der Waals surface area contributed by atoms with Crippen molar-refractivity contribution in [3.63, 3.8) is 0 Å². The van der Waals surface area contributed by atoms with Crippen molar-refractivity contribution in [3.05, 3.63) is 113 Å². The maximum Gasteiger partial charge on any atom is 0.192 e. The Morgan fingerprint density at radius 3 is 1.81 bits per heavy atom. The van der Waals surface area contributed by atoms with E-state index in [-0.39, 0.29) is 5.82 Å². The second-order valence-electron chi connectivity index (χ2n) is 8.71. The number of benzene rings is 4. The summed E-state index contributed by atoms with van der Waals surface area (Å²) in [6.07, 6.45) is 1.18. The molecule has 0 unspecified atom stereocenters. The fourth-order valence-electron chi connectivity index (χ4n) is 4.41. The van der Waals surface area contributed by atoms with E-state index in [4.69, 9.17) is 33.9 Å². The van der Waals surface area contributed by atoms with Gasteiger partial charge in [-0.2, -0.15) is 0 Å². The Balaban J connectivity index is 0.000000153. The highest BCUT2D eigenvalue weighted by molar-refractivity contribution is 7.99. The Morgan fingerprint density at radius 2 is 1.22 bits per heavy atom. The molecule has 4 aromatic rings. The van der Waals surface area contributed by atoms with Crippen LogP contribution in [0.3, 0.4) is 0 Å². The van der Waals surface area contributed by atoms with Crippen molar-refractivity contribution in [1.29, 1.82) is 0 Å². The monoisotopic (exact) mass is 544 g/mol. The number of halogens is 1. The van der Waals surface area contributed by atoms with Gasteiger partial charge in [-0.15, -0.1) is 11.8 Å². The summed E-state index contributed by atoms with van der Waals surface area (Å²) in [7, 11) is 0. The van der Waals surface area contributed by atoms with Gasteiger partial charge in [-0.05, 0) is 106 Å². The average Bonchev–Trinajstić information content (AvgIpc) is 3.16. The highest BCUT2D eigenvalue weighted by Crippen LogP contribution is 2.35. The van der Waals surface area contributed by atoms with Crippen molar-refractivity contribution in [2.24, 2.45) is 0 Å². The molecule has 6 rings (SSSR count). The van der Waals surface area contributed by atoms with E-state index in [1.807, 2.05) is 42.1 Å². The number of thioether (sulfide) groups is 1. The maximum atomic E-state index is 13.4. The molecule has 2 aliphatic heterocycles. The zero-order valence-electron chi connectivity index (χ0n) is 20.3. The van der Waals surface area contributed by atoms with Crippen LogP contribution in [-0.2, 0) is 22.7 Å². The average molecular weight is 545 g/mol. The highest BCUT2D eigenvalue weighted by atomic mass is 32.2. The summed E-state index contributed by atoms with van der Waals surface area (Å²) >= 11 is 12.5. The topological polar surface area (TPSA) is 18.5 Å². The number of hydrogen-bond acceptors (Lipinski definition) is 5. The predicted molar refractivity (Wildman–Crippen MR) is 158 cm³/mol. The van der Waals surface area contributed by atoms with Crippen LogP contribution in [0.2, 0.25) is 0 Å². The molecule has 0 aliphatic carbocycles. The lowest BCUT2D eigenvalue weighted by Crippen LogP contribution is -2.01. The molecule has 2 nitrogen and oxygen atoms in total. The number of fused-ring (bicyclic) bond motifs is 6. The molecule has 0 fully saturated rings. The summed E-state index contributed by atoms with van der Waals surface area (Å²) in [5, 5.41) is 1.03. The Bertz CT molecular complexity index is 1480. The van der Waals surface area contributed by atoms with Gasteiger partial charge < -0.3 is 9.47 Å². The molecular formula is C31H25FO2S3. The summed E-state index contributed by atoms with van der Waals surface area (Å²) in [6, 6.07) is 27.3. The van der Waals surface area contributed by atoms with Crippen LogP contribution in [0.25, 0.3) is 22.3 Å². The SMILES string of the molecule is CCCSc1ccc2c(c1)-c1ccccc1COC2=S.Fc1ccc2c(c1)-c1ccccc1COC2=S. The number of thiocarbonyl (C=S) groups is 2. The van der Waals surface area contributed by atoms with E-state index in [9.17, 15) is 4.39 Å². The van der Waals surface area contributed by atoms with E-state index >= 15 is 0 Å². The van der Waals surface area contributed by atoms with E-state index in [1.165, 1.54) is 40.1 Å². The third kappa shape index (κ3) is 5.61. The van der Waals surface area contributed by atoms with E-state index in [0.717, 1.165) is 33.6 Å². The molecule has 0 N–H and O–H groups in total.